The number of nitrogens with zero attached hydrogens (tertiary/aromatic N) is 4. The smallest absolute Gasteiger partial charge is 0.221 e. The van der Waals surface area contributed by atoms with Crippen LogP contribution in [0, 0.1) is 5.92 Å². The number of aromatic nitrogens is 1. The molecule has 0 spiro atoms. The van der Waals surface area contributed by atoms with Gasteiger partial charge in [-0.2, -0.15) is 4.31 Å². The van der Waals surface area contributed by atoms with E-state index >= 15 is 0 Å². The molecule has 3 unspecified atom stereocenters. The molecule has 3 fully saturated rings. The summed E-state index contributed by atoms with van der Waals surface area (Å²) in [5.74, 6) is 1.11. The molecule has 186 valence electrons. The van der Waals surface area contributed by atoms with Crippen molar-refractivity contribution in [1.82, 2.24) is 19.1 Å². The summed E-state index contributed by atoms with van der Waals surface area (Å²) in [7, 11) is -3.49. The molecule has 8 nitrogen and oxygen atoms in total. The van der Waals surface area contributed by atoms with E-state index in [0.717, 1.165) is 32.5 Å². The summed E-state index contributed by atoms with van der Waals surface area (Å²) in [5, 5.41) is 0.168. The lowest BCUT2D eigenvalue weighted by Gasteiger charge is -2.36. The summed E-state index contributed by atoms with van der Waals surface area (Å²) in [6, 6.07) is 3.96. The number of likely N-dealkylation sites (tertiary alicyclic amines) is 1. The topological polar surface area (TPSA) is 95.3 Å². The summed E-state index contributed by atoms with van der Waals surface area (Å²) in [6.45, 7) is 5.26. The number of nitrogen functional groups attached to an aromatic ring is 1. The molecule has 11 heteroatoms. The Morgan fingerprint density at radius 1 is 1.12 bits per heavy atom. The predicted molar refractivity (Wildman–Crippen MR) is 134 cm³/mol. The fourth-order valence-corrected chi connectivity index (χ4v) is 7.88. The van der Waals surface area contributed by atoms with Gasteiger partial charge in [0.1, 0.15) is 23.4 Å². The van der Waals surface area contributed by atoms with Gasteiger partial charge in [0.2, 0.25) is 10.0 Å². The highest BCUT2D eigenvalue weighted by molar-refractivity contribution is 7.89. The van der Waals surface area contributed by atoms with Gasteiger partial charge in [-0.05, 0) is 61.7 Å². The van der Waals surface area contributed by atoms with Gasteiger partial charge in [-0.1, -0.05) is 23.2 Å². The molecule has 5 rings (SSSR count). The number of rotatable bonds is 6. The van der Waals surface area contributed by atoms with Crippen LogP contribution in [0.1, 0.15) is 24.8 Å². The lowest BCUT2D eigenvalue weighted by molar-refractivity contribution is 0.126. The highest BCUT2D eigenvalue weighted by Gasteiger charge is 2.50. The first-order valence-electron chi connectivity index (χ1n) is 11.8. The zero-order valence-corrected chi connectivity index (χ0v) is 21.4. The van der Waals surface area contributed by atoms with E-state index in [0.29, 0.717) is 48.0 Å². The Labute approximate surface area is 211 Å². The van der Waals surface area contributed by atoms with E-state index in [9.17, 15) is 8.42 Å². The molecule has 0 bridgehead atoms. The number of epoxide rings is 1. The Hall–Kier alpha value is -1.20. The lowest BCUT2D eigenvalue weighted by Crippen LogP contribution is -2.52. The summed E-state index contributed by atoms with van der Waals surface area (Å²) in [4.78, 5) is 8.81. The maximum atomic E-state index is 13.1. The van der Waals surface area contributed by atoms with Crippen molar-refractivity contribution < 1.29 is 13.2 Å². The number of ether oxygens (including phenoxy) is 1. The van der Waals surface area contributed by atoms with Gasteiger partial charge in [0.15, 0.2) is 0 Å². The quantitative estimate of drug-likeness (QED) is 0.567. The zero-order valence-electron chi connectivity index (χ0n) is 19.0. The maximum absolute atomic E-state index is 13.1. The molecule has 3 saturated heterocycles. The van der Waals surface area contributed by atoms with E-state index in [4.69, 9.17) is 33.7 Å². The molecular formula is C23H31Cl2N5O3S. The molecule has 4 heterocycles. The molecule has 1 aromatic rings. The van der Waals surface area contributed by atoms with Crippen LogP contribution in [0.25, 0.3) is 0 Å². The molecule has 0 aromatic carbocycles. The van der Waals surface area contributed by atoms with Crippen LogP contribution in [0.4, 0.5) is 5.82 Å². The van der Waals surface area contributed by atoms with Crippen molar-refractivity contribution in [1.29, 1.82) is 0 Å². The summed E-state index contributed by atoms with van der Waals surface area (Å²) >= 11 is 12.1. The Bertz CT molecular complexity index is 1070. The van der Waals surface area contributed by atoms with Crippen LogP contribution >= 0.6 is 23.2 Å². The Kier molecular flexibility index (Phi) is 7.24. The fourth-order valence-electron chi connectivity index (χ4n) is 5.32. The molecule has 3 aliphatic heterocycles. The molecule has 3 atom stereocenters. The number of piperazine rings is 1. The van der Waals surface area contributed by atoms with Crippen LogP contribution in [0.2, 0.25) is 0 Å². The first-order valence-corrected chi connectivity index (χ1v) is 14.1. The van der Waals surface area contributed by atoms with E-state index in [1.807, 2.05) is 12.1 Å². The number of hydrogen-bond acceptors (Lipinski definition) is 7. The van der Waals surface area contributed by atoms with E-state index < -0.39 is 15.3 Å². The predicted octanol–water partition coefficient (Wildman–Crippen LogP) is 2.57. The van der Waals surface area contributed by atoms with E-state index in [2.05, 4.69) is 14.8 Å². The minimum Gasteiger partial charge on any atom is -0.384 e. The molecule has 0 radical (unpaired) electrons. The van der Waals surface area contributed by atoms with Gasteiger partial charge in [0.25, 0.3) is 0 Å². The number of halogens is 2. The number of sulfonamides is 1. The summed E-state index contributed by atoms with van der Waals surface area (Å²) < 4.78 is 33.8. The fraction of sp³-hybridized carbons (Fsp3) is 0.609. The third kappa shape index (κ3) is 5.46. The van der Waals surface area contributed by atoms with Crippen molar-refractivity contribution in [3.63, 3.8) is 0 Å². The molecule has 4 aliphatic rings. The third-order valence-corrected chi connectivity index (χ3v) is 9.91. The number of piperidine rings is 1. The SMILES string of the molecule is Nc1cc(CN2CCC(C3OC3N3CCN(S(=O)(=O)C4C=C(Cl)C=C(Cl)C4)CC3)CC2)ccn1. The number of pyridine rings is 1. The summed E-state index contributed by atoms with van der Waals surface area (Å²) in [5.41, 5.74) is 7.00. The molecule has 0 saturated carbocycles. The number of allylic oxidation sites excluding steroid dienone is 3. The molecule has 2 N–H and O–H groups in total. The lowest BCUT2D eigenvalue weighted by atomic mass is 9.92. The minimum atomic E-state index is -3.49. The van der Waals surface area contributed by atoms with Crippen molar-refractivity contribution in [2.45, 2.75) is 43.4 Å². The van der Waals surface area contributed by atoms with Gasteiger partial charge in [0.05, 0.1) is 0 Å². The van der Waals surface area contributed by atoms with Crippen LogP contribution in [-0.2, 0) is 21.3 Å². The first kappa shape index (κ1) is 24.5. The normalized spacial score (nSPS) is 30.1. The van der Waals surface area contributed by atoms with Crippen LogP contribution in [0.15, 0.2) is 40.5 Å². The van der Waals surface area contributed by atoms with Gasteiger partial charge < -0.3 is 10.5 Å². The zero-order chi connectivity index (χ0) is 23.9. The maximum Gasteiger partial charge on any atom is 0.221 e. The van der Waals surface area contributed by atoms with Crippen molar-refractivity contribution in [3.8, 4) is 0 Å². The van der Waals surface area contributed by atoms with Crippen LogP contribution in [-0.4, -0.2) is 84.4 Å². The van der Waals surface area contributed by atoms with E-state index in [-0.39, 0.29) is 18.8 Å². The van der Waals surface area contributed by atoms with Crippen molar-refractivity contribution in [2.24, 2.45) is 5.92 Å². The van der Waals surface area contributed by atoms with Crippen LogP contribution in [0.3, 0.4) is 0 Å². The average molecular weight is 529 g/mol. The highest BCUT2D eigenvalue weighted by Crippen LogP contribution is 2.38. The van der Waals surface area contributed by atoms with Crippen LogP contribution < -0.4 is 5.73 Å². The second kappa shape index (κ2) is 10.0. The minimum absolute atomic E-state index is 0.114. The van der Waals surface area contributed by atoms with Crippen LogP contribution in [0.5, 0.6) is 0 Å². The van der Waals surface area contributed by atoms with Crippen molar-refractivity contribution >= 4 is 39.0 Å². The number of nitrogens with two attached hydrogens (primary N) is 1. The van der Waals surface area contributed by atoms with Gasteiger partial charge >= 0.3 is 0 Å². The summed E-state index contributed by atoms with van der Waals surface area (Å²) in [6.07, 6.45) is 7.83. The Morgan fingerprint density at radius 3 is 2.53 bits per heavy atom. The molecular weight excluding hydrogens is 497 g/mol. The standard InChI is InChI=1S/C23H31Cl2N5O3S/c24-18-12-19(25)14-20(13-18)34(31,32)30-9-7-29(8-10-30)23-22(33-23)17-2-5-28(6-3-17)15-16-1-4-27-21(26)11-16/h1,4,11-13,17,20,22-23H,2-3,5-10,14-15H2,(H2,26,27). The average Bonchev–Trinajstić information content (AvgIpc) is 3.60. The van der Waals surface area contributed by atoms with Gasteiger partial charge in [-0.25, -0.2) is 13.4 Å². The Morgan fingerprint density at radius 2 is 1.85 bits per heavy atom. The highest BCUT2D eigenvalue weighted by atomic mass is 35.5. The van der Waals surface area contributed by atoms with Crippen molar-refractivity contribution in [2.75, 3.05) is 45.0 Å². The molecule has 0 amide bonds. The molecule has 1 aromatic heterocycles. The van der Waals surface area contributed by atoms with E-state index in [1.54, 1.807) is 22.7 Å². The van der Waals surface area contributed by atoms with Gasteiger partial charge in [0, 0.05) is 55.4 Å². The second-order valence-corrected chi connectivity index (χ2v) is 12.6. The largest absolute Gasteiger partial charge is 0.384 e. The number of anilines is 1. The third-order valence-electron chi connectivity index (χ3n) is 7.26. The van der Waals surface area contributed by atoms with E-state index in [1.165, 1.54) is 5.56 Å². The Balaban J connectivity index is 1.07. The number of hydrogen-bond donors (Lipinski definition) is 1. The first-order chi connectivity index (χ1) is 16.3. The second-order valence-electron chi connectivity index (χ2n) is 9.56. The molecule has 1 aliphatic carbocycles. The van der Waals surface area contributed by atoms with Gasteiger partial charge in [-0.3, -0.25) is 9.80 Å². The van der Waals surface area contributed by atoms with Crippen molar-refractivity contribution in [3.05, 3.63) is 46.1 Å². The molecule has 34 heavy (non-hydrogen) atoms. The van der Waals surface area contributed by atoms with Gasteiger partial charge in [-0.15, -0.1) is 0 Å². The monoisotopic (exact) mass is 527 g/mol.